The number of hydrogen-bond acceptors (Lipinski definition) is 3. The molecule has 0 fully saturated rings. The molecule has 0 saturated carbocycles. The maximum absolute atomic E-state index is 12.4. The van der Waals surface area contributed by atoms with Crippen LogP contribution in [0, 0.1) is 0 Å². The van der Waals surface area contributed by atoms with Gasteiger partial charge in [-0.1, -0.05) is 12.1 Å². The number of methoxy groups -OCH3 is 1. The summed E-state index contributed by atoms with van der Waals surface area (Å²) in [5.41, 5.74) is 8.41. The van der Waals surface area contributed by atoms with Crippen LogP contribution in [0.15, 0.2) is 30.3 Å². The van der Waals surface area contributed by atoms with Crippen molar-refractivity contribution in [2.24, 2.45) is 0 Å². The third kappa shape index (κ3) is 1.76. The van der Waals surface area contributed by atoms with Gasteiger partial charge >= 0.3 is 0 Å². The quantitative estimate of drug-likeness (QED) is 0.675. The summed E-state index contributed by atoms with van der Waals surface area (Å²) in [6, 6.07) is 9.50. The first kappa shape index (κ1) is 12.0. The van der Waals surface area contributed by atoms with Crippen molar-refractivity contribution in [2.75, 3.05) is 30.9 Å². The Kier molecular flexibility index (Phi) is 2.87. The first-order chi connectivity index (χ1) is 9.24. The molecule has 1 heterocycles. The highest BCUT2D eigenvalue weighted by molar-refractivity contribution is 6.26. The van der Waals surface area contributed by atoms with Crippen LogP contribution >= 0.6 is 0 Å². The van der Waals surface area contributed by atoms with E-state index in [4.69, 9.17) is 10.5 Å². The van der Waals surface area contributed by atoms with E-state index in [9.17, 15) is 4.79 Å². The summed E-state index contributed by atoms with van der Waals surface area (Å²) in [6.07, 6.45) is 0.822. The van der Waals surface area contributed by atoms with Gasteiger partial charge in [0.05, 0.1) is 5.69 Å². The number of rotatable bonds is 4. The van der Waals surface area contributed by atoms with Crippen LogP contribution in [-0.2, 0) is 4.74 Å². The Balaban J connectivity index is 2.08. The number of amides is 1. The second-order valence-corrected chi connectivity index (χ2v) is 4.71. The first-order valence-electron chi connectivity index (χ1n) is 6.36. The Morgan fingerprint density at radius 3 is 2.89 bits per heavy atom. The molecule has 1 aliphatic heterocycles. The van der Waals surface area contributed by atoms with Gasteiger partial charge in [-0.05, 0) is 24.6 Å². The number of carbonyl (C=O) groups is 1. The van der Waals surface area contributed by atoms with E-state index in [0.29, 0.717) is 18.8 Å². The highest BCUT2D eigenvalue weighted by Crippen LogP contribution is 2.39. The van der Waals surface area contributed by atoms with Gasteiger partial charge in [-0.25, -0.2) is 0 Å². The summed E-state index contributed by atoms with van der Waals surface area (Å²) in [4.78, 5) is 14.2. The van der Waals surface area contributed by atoms with Crippen molar-refractivity contribution in [2.45, 2.75) is 6.42 Å². The second-order valence-electron chi connectivity index (χ2n) is 4.71. The van der Waals surface area contributed by atoms with Crippen LogP contribution in [0.1, 0.15) is 16.8 Å². The summed E-state index contributed by atoms with van der Waals surface area (Å²) >= 11 is 0. The minimum atomic E-state index is 0.0577. The molecular weight excluding hydrogens is 240 g/mol. The lowest BCUT2D eigenvalue weighted by atomic mass is 10.0. The number of anilines is 2. The SMILES string of the molecule is COCCCN1C(=O)c2cccc3c(N)ccc1c23. The van der Waals surface area contributed by atoms with Gasteiger partial charge in [-0.3, -0.25) is 4.79 Å². The van der Waals surface area contributed by atoms with Crippen LogP contribution in [0.4, 0.5) is 11.4 Å². The second kappa shape index (κ2) is 4.55. The van der Waals surface area contributed by atoms with Gasteiger partial charge in [-0.15, -0.1) is 0 Å². The number of hydrogen-bond donors (Lipinski definition) is 1. The molecule has 0 atom stereocenters. The lowest BCUT2D eigenvalue weighted by molar-refractivity contribution is 0.0990. The van der Waals surface area contributed by atoms with Crippen LogP contribution in [-0.4, -0.2) is 26.2 Å². The molecule has 4 nitrogen and oxygen atoms in total. The average Bonchev–Trinajstić information content (AvgIpc) is 2.70. The van der Waals surface area contributed by atoms with Gasteiger partial charge in [0, 0.05) is 42.3 Å². The summed E-state index contributed by atoms with van der Waals surface area (Å²) < 4.78 is 5.05. The molecule has 0 unspecified atom stereocenters. The van der Waals surface area contributed by atoms with Crippen molar-refractivity contribution < 1.29 is 9.53 Å². The molecule has 0 aliphatic carbocycles. The molecule has 4 heteroatoms. The Labute approximate surface area is 111 Å². The van der Waals surface area contributed by atoms with Crippen molar-refractivity contribution in [3.8, 4) is 0 Å². The molecule has 2 aromatic carbocycles. The van der Waals surface area contributed by atoms with E-state index >= 15 is 0 Å². The zero-order valence-electron chi connectivity index (χ0n) is 10.8. The highest BCUT2D eigenvalue weighted by Gasteiger charge is 2.29. The van der Waals surface area contributed by atoms with Crippen molar-refractivity contribution in [1.29, 1.82) is 0 Å². The van der Waals surface area contributed by atoms with Crippen molar-refractivity contribution in [3.63, 3.8) is 0 Å². The Morgan fingerprint density at radius 1 is 1.26 bits per heavy atom. The predicted molar refractivity (Wildman–Crippen MR) is 76.5 cm³/mol. The average molecular weight is 256 g/mol. The molecule has 1 amide bonds. The molecule has 0 spiro atoms. The summed E-state index contributed by atoms with van der Waals surface area (Å²) in [6.45, 7) is 1.32. The van der Waals surface area contributed by atoms with E-state index < -0.39 is 0 Å². The van der Waals surface area contributed by atoms with E-state index in [-0.39, 0.29) is 5.91 Å². The third-order valence-electron chi connectivity index (χ3n) is 3.55. The van der Waals surface area contributed by atoms with Crippen LogP contribution in [0.2, 0.25) is 0 Å². The van der Waals surface area contributed by atoms with Gasteiger partial charge in [0.2, 0.25) is 0 Å². The summed E-state index contributed by atoms with van der Waals surface area (Å²) in [5, 5.41) is 1.93. The first-order valence-corrected chi connectivity index (χ1v) is 6.36. The normalized spacial score (nSPS) is 13.5. The van der Waals surface area contributed by atoms with E-state index in [1.165, 1.54) is 0 Å². The number of nitrogens with two attached hydrogens (primary N) is 1. The van der Waals surface area contributed by atoms with Gasteiger partial charge in [0.25, 0.3) is 5.91 Å². The molecule has 0 bridgehead atoms. The molecule has 1 aliphatic rings. The number of nitrogen functional groups attached to an aromatic ring is 1. The van der Waals surface area contributed by atoms with Crippen LogP contribution < -0.4 is 10.6 Å². The third-order valence-corrected chi connectivity index (χ3v) is 3.55. The number of carbonyl (C=O) groups excluding carboxylic acids is 1. The molecule has 2 N–H and O–H groups in total. The molecule has 19 heavy (non-hydrogen) atoms. The highest BCUT2D eigenvalue weighted by atomic mass is 16.5. The maximum Gasteiger partial charge on any atom is 0.258 e. The molecule has 98 valence electrons. The zero-order chi connectivity index (χ0) is 13.4. The fourth-order valence-corrected chi connectivity index (χ4v) is 2.66. The molecule has 0 radical (unpaired) electrons. The topological polar surface area (TPSA) is 55.6 Å². The molecule has 0 saturated heterocycles. The van der Waals surface area contributed by atoms with E-state index in [0.717, 1.165) is 28.4 Å². The van der Waals surface area contributed by atoms with E-state index in [2.05, 4.69) is 0 Å². The van der Waals surface area contributed by atoms with Crippen molar-refractivity contribution >= 4 is 28.1 Å². The minimum Gasteiger partial charge on any atom is -0.398 e. The van der Waals surface area contributed by atoms with Crippen LogP contribution in [0.5, 0.6) is 0 Å². The lowest BCUT2D eigenvalue weighted by Gasteiger charge is -2.17. The fourth-order valence-electron chi connectivity index (χ4n) is 2.66. The van der Waals surface area contributed by atoms with E-state index in [1.54, 1.807) is 7.11 Å². The molecule has 2 aromatic rings. The Hall–Kier alpha value is -2.07. The standard InChI is InChI=1S/C15H16N2O2/c1-19-9-3-8-17-13-7-6-12(16)10-4-2-5-11(14(10)13)15(17)18/h2,4-7H,3,8-9,16H2,1H3. The Morgan fingerprint density at radius 2 is 2.11 bits per heavy atom. The summed E-state index contributed by atoms with van der Waals surface area (Å²) in [7, 11) is 1.67. The molecule has 3 rings (SSSR count). The van der Waals surface area contributed by atoms with Gasteiger partial charge < -0.3 is 15.4 Å². The monoisotopic (exact) mass is 256 g/mol. The van der Waals surface area contributed by atoms with E-state index in [1.807, 2.05) is 35.2 Å². The predicted octanol–water partition coefficient (Wildman–Crippen LogP) is 2.42. The number of benzene rings is 2. The van der Waals surface area contributed by atoms with Crippen LogP contribution in [0.3, 0.4) is 0 Å². The number of nitrogens with zero attached hydrogens (tertiary/aromatic N) is 1. The van der Waals surface area contributed by atoms with Crippen LogP contribution in [0.25, 0.3) is 10.8 Å². The number of ether oxygens (including phenoxy) is 1. The maximum atomic E-state index is 12.4. The smallest absolute Gasteiger partial charge is 0.258 e. The molecular formula is C15H16N2O2. The van der Waals surface area contributed by atoms with Crippen molar-refractivity contribution in [3.05, 3.63) is 35.9 Å². The van der Waals surface area contributed by atoms with Crippen molar-refractivity contribution in [1.82, 2.24) is 0 Å². The zero-order valence-corrected chi connectivity index (χ0v) is 10.8. The molecule has 0 aromatic heterocycles. The summed E-state index contributed by atoms with van der Waals surface area (Å²) in [5.74, 6) is 0.0577. The van der Waals surface area contributed by atoms with Gasteiger partial charge in [-0.2, -0.15) is 0 Å². The van der Waals surface area contributed by atoms with Gasteiger partial charge in [0.15, 0.2) is 0 Å². The Bertz CT molecular complexity index is 652. The minimum absolute atomic E-state index is 0.0577. The largest absolute Gasteiger partial charge is 0.398 e. The fraction of sp³-hybridized carbons (Fsp3) is 0.267. The lowest BCUT2D eigenvalue weighted by Crippen LogP contribution is -2.28. The van der Waals surface area contributed by atoms with Gasteiger partial charge in [0.1, 0.15) is 0 Å².